The zero-order valence-electron chi connectivity index (χ0n) is 9.46. The van der Waals surface area contributed by atoms with E-state index in [1.165, 1.54) is 0 Å². The molecule has 0 spiro atoms. The predicted molar refractivity (Wildman–Crippen MR) is 60.7 cm³/mol. The van der Waals surface area contributed by atoms with Gasteiger partial charge in [0.2, 0.25) is 5.91 Å². The summed E-state index contributed by atoms with van der Waals surface area (Å²) in [5.41, 5.74) is -0.317. The number of nitrogens with one attached hydrogen (secondary N) is 2. The van der Waals surface area contributed by atoms with E-state index in [0.717, 1.165) is 12.1 Å². The number of nitrogens with zero attached hydrogens (tertiary/aromatic N) is 1. The second-order valence-corrected chi connectivity index (χ2v) is 4.11. The van der Waals surface area contributed by atoms with Crippen molar-refractivity contribution in [3.8, 4) is 6.07 Å². The van der Waals surface area contributed by atoms with Crippen molar-refractivity contribution < 1.29 is 13.6 Å². The van der Waals surface area contributed by atoms with Gasteiger partial charge in [-0.1, -0.05) is 0 Å². The number of amides is 1. The van der Waals surface area contributed by atoms with Gasteiger partial charge in [-0.3, -0.25) is 4.79 Å². The molecule has 1 aliphatic heterocycles. The summed E-state index contributed by atoms with van der Waals surface area (Å²) in [6, 6.07) is 3.43. The van der Waals surface area contributed by atoms with Crippen LogP contribution in [0, 0.1) is 23.0 Å². The lowest BCUT2D eigenvalue weighted by molar-refractivity contribution is -0.122. The molecule has 1 fully saturated rings. The molecule has 1 aromatic carbocycles. The summed E-state index contributed by atoms with van der Waals surface area (Å²) in [6.45, 7) is 0.331. The van der Waals surface area contributed by atoms with Crippen LogP contribution in [0.3, 0.4) is 0 Å². The average Bonchev–Trinajstić information content (AvgIpc) is 2.35. The fourth-order valence-electron chi connectivity index (χ4n) is 1.84. The standard InChI is InChI=1S/C12H11F2N3O/c13-9-3-7(5-15)4-10(14)12(9)17-8-1-2-11(18)16-6-8/h3-4,8,17H,1-2,6H2,(H,16,18). The number of carbonyl (C=O) groups excluding carboxylic acids is 1. The molecule has 1 amide bonds. The second-order valence-electron chi connectivity index (χ2n) is 4.11. The van der Waals surface area contributed by atoms with E-state index in [0.29, 0.717) is 19.4 Å². The molecule has 1 heterocycles. The molecular weight excluding hydrogens is 240 g/mol. The zero-order valence-corrected chi connectivity index (χ0v) is 9.46. The average molecular weight is 251 g/mol. The fraction of sp³-hybridized carbons (Fsp3) is 0.333. The number of hydrogen-bond acceptors (Lipinski definition) is 3. The molecule has 1 unspecified atom stereocenters. The maximum Gasteiger partial charge on any atom is 0.220 e. The first-order valence-electron chi connectivity index (χ1n) is 5.52. The largest absolute Gasteiger partial charge is 0.376 e. The highest BCUT2D eigenvalue weighted by Gasteiger charge is 2.20. The number of rotatable bonds is 2. The van der Waals surface area contributed by atoms with Crippen molar-refractivity contribution in [1.29, 1.82) is 5.26 Å². The molecule has 0 bridgehead atoms. The van der Waals surface area contributed by atoms with Crippen LogP contribution in [-0.2, 0) is 4.79 Å². The van der Waals surface area contributed by atoms with Crippen LogP contribution in [0.4, 0.5) is 14.5 Å². The van der Waals surface area contributed by atoms with Crippen molar-refractivity contribution in [3.05, 3.63) is 29.3 Å². The molecule has 2 N–H and O–H groups in total. The van der Waals surface area contributed by atoms with Crippen molar-refractivity contribution in [1.82, 2.24) is 5.32 Å². The van der Waals surface area contributed by atoms with Gasteiger partial charge in [0, 0.05) is 19.0 Å². The summed E-state index contributed by atoms with van der Waals surface area (Å²) >= 11 is 0. The van der Waals surface area contributed by atoms with Crippen molar-refractivity contribution in [3.63, 3.8) is 0 Å². The number of halogens is 2. The minimum Gasteiger partial charge on any atom is -0.376 e. The smallest absolute Gasteiger partial charge is 0.220 e. The van der Waals surface area contributed by atoms with E-state index in [9.17, 15) is 13.6 Å². The molecule has 6 heteroatoms. The molecule has 0 radical (unpaired) electrons. The number of nitriles is 1. The Hall–Kier alpha value is -2.16. The molecule has 1 atom stereocenters. The number of benzene rings is 1. The van der Waals surface area contributed by atoms with Gasteiger partial charge in [-0.05, 0) is 18.6 Å². The summed E-state index contributed by atoms with van der Waals surface area (Å²) in [6.07, 6.45) is 0.849. The van der Waals surface area contributed by atoms with Gasteiger partial charge < -0.3 is 10.6 Å². The zero-order chi connectivity index (χ0) is 13.1. The van der Waals surface area contributed by atoms with Crippen LogP contribution < -0.4 is 10.6 Å². The third-order valence-electron chi connectivity index (χ3n) is 2.79. The third kappa shape index (κ3) is 2.56. The highest BCUT2D eigenvalue weighted by molar-refractivity contribution is 5.77. The van der Waals surface area contributed by atoms with Crippen LogP contribution in [-0.4, -0.2) is 18.5 Å². The van der Waals surface area contributed by atoms with E-state index in [-0.39, 0.29) is 23.2 Å². The Balaban J connectivity index is 2.14. The minimum absolute atomic E-state index is 0.0613. The Labute approximate surface area is 103 Å². The highest BCUT2D eigenvalue weighted by Crippen LogP contribution is 2.22. The van der Waals surface area contributed by atoms with Crippen molar-refractivity contribution in [2.24, 2.45) is 0 Å². The maximum absolute atomic E-state index is 13.6. The van der Waals surface area contributed by atoms with Gasteiger partial charge in [-0.25, -0.2) is 8.78 Å². The summed E-state index contributed by atoms with van der Waals surface area (Å²) in [5.74, 6) is -1.67. The van der Waals surface area contributed by atoms with Gasteiger partial charge in [0.15, 0.2) is 11.6 Å². The molecular formula is C12H11F2N3O. The molecule has 94 valence electrons. The van der Waals surface area contributed by atoms with Crippen LogP contribution in [0.1, 0.15) is 18.4 Å². The SMILES string of the molecule is N#Cc1cc(F)c(NC2CCC(=O)NC2)c(F)c1. The highest BCUT2D eigenvalue weighted by atomic mass is 19.1. The van der Waals surface area contributed by atoms with Gasteiger partial charge >= 0.3 is 0 Å². The van der Waals surface area contributed by atoms with E-state index >= 15 is 0 Å². The Morgan fingerprint density at radius 1 is 1.39 bits per heavy atom. The van der Waals surface area contributed by atoms with Crippen LogP contribution >= 0.6 is 0 Å². The van der Waals surface area contributed by atoms with E-state index in [2.05, 4.69) is 10.6 Å². The summed E-state index contributed by atoms with van der Waals surface area (Å²) in [4.78, 5) is 11.0. The normalized spacial score (nSPS) is 18.9. The number of hydrogen-bond donors (Lipinski definition) is 2. The Morgan fingerprint density at radius 3 is 2.56 bits per heavy atom. The van der Waals surface area contributed by atoms with E-state index in [4.69, 9.17) is 5.26 Å². The van der Waals surface area contributed by atoms with Gasteiger partial charge in [0.05, 0.1) is 11.6 Å². The molecule has 1 aromatic rings. The Bertz CT molecular complexity index is 492. The first kappa shape index (κ1) is 12.3. The summed E-state index contributed by atoms with van der Waals surface area (Å²) < 4.78 is 27.2. The number of anilines is 1. The van der Waals surface area contributed by atoms with Crippen LogP contribution in [0.25, 0.3) is 0 Å². The lowest BCUT2D eigenvalue weighted by Gasteiger charge is -2.24. The van der Waals surface area contributed by atoms with Crippen LogP contribution in [0.2, 0.25) is 0 Å². The van der Waals surface area contributed by atoms with Gasteiger partial charge in [-0.15, -0.1) is 0 Å². The molecule has 0 aliphatic carbocycles. The Morgan fingerprint density at radius 2 is 2.06 bits per heavy atom. The summed E-state index contributed by atoms with van der Waals surface area (Å²) in [7, 11) is 0. The second kappa shape index (κ2) is 5.00. The molecule has 0 saturated carbocycles. The van der Waals surface area contributed by atoms with Crippen LogP contribution in [0.5, 0.6) is 0 Å². The predicted octanol–water partition coefficient (Wildman–Crippen LogP) is 1.53. The van der Waals surface area contributed by atoms with Gasteiger partial charge in [-0.2, -0.15) is 5.26 Å². The van der Waals surface area contributed by atoms with Crippen LogP contribution in [0.15, 0.2) is 12.1 Å². The monoisotopic (exact) mass is 251 g/mol. The van der Waals surface area contributed by atoms with Gasteiger partial charge in [0.1, 0.15) is 5.69 Å². The molecule has 1 aliphatic rings. The van der Waals surface area contributed by atoms with Gasteiger partial charge in [0.25, 0.3) is 0 Å². The maximum atomic E-state index is 13.6. The number of carbonyl (C=O) groups is 1. The molecule has 4 nitrogen and oxygen atoms in total. The molecule has 1 saturated heterocycles. The summed E-state index contributed by atoms with van der Waals surface area (Å²) in [5, 5.41) is 13.9. The number of piperidine rings is 1. The minimum atomic E-state index is -0.802. The lowest BCUT2D eigenvalue weighted by Crippen LogP contribution is -2.42. The molecule has 0 aromatic heterocycles. The van der Waals surface area contributed by atoms with Crippen molar-refractivity contribution >= 4 is 11.6 Å². The third-order valence-corrected chi connectivity index (χ3v) is 2.79. The quantitative estimate of drug-likeness (QED) is 0.837. The van der Waals surface area contributed by atoms with E-state index in [1.54, 1.807) is 6.07 Å². The molecule has 18 heavy (non-hydrogen) atoms. The first-order valence-corrected chi connectivity index (χ1v) is 5.52. The first-order chi connectivity index (χ1) is 8.60. The van der Waals surface area contributed by atoms with E-state index in [1.807, 2.05) is 0 Å². The Kier molecular flexibility index (Phi) is 3.42. The topological polar surface area (TPSA) is 64.9 Å². The molecule has 2 rings (SSSR count). The lowest BCUT2D eigenvalue weighted by atomic mass is 10.1. The fourth-order valence-corrected chi connectivity index (χ4v) is 1.84. The van der Waals surface area contributed by atoms with Crippen molar-refractivity contribution in [2.75, 3.05) is 11.9 Å². The van der Waals surface area contributed by atoms with E-state index < -0.39 is 11.6 Å². The van der Waals surface area contributed by atoms with Crippen molar-refractivity contribution in [2.45, 2.75) is 18.9 Å².